The molecule has 2 heteroatoms. The van der Waals surface area contributed by atoms with Gasteiger partial charge in [0.2, 0.25) is 5.91 Å². The van der Waals surface area contributed by atoms with Crippen LogP contribution in [0.3, 0.4) is 0 Å². The van der Waals surface area contributed by atoms with Gasteiger partial charge in [-0.1, -0.05) is 36.4 Å². The maximum Gasteiger partial charge on any atom is 0.234 e. The van der Waals surface area contributed by atoms with Crippen LogP contribution in [0.15, 0.2) is 36.4 Å². The van der Waals surface area contributed by atoms with Gasteiger partial charge in [-0.05, 0) is 18.1 Å². The third-order valence-corrected chi connectivity index (χ3v) is 3.75. The molecule has 1 aromatic carbocycles. The highest BCUT2D eigenvalue weighted by atomic mass is 16.2. The number of benzene rings is 1. The fourth-order valence-electron chi connectivity index (χ4n) is 2.65. The summed E-state index contributed by atoms with van der Waals surface area (Å²) in [5.41, 5.74) is 2.19. The maximum atomic E-state index is 12.0. The Labute approximate surface area is 89.2 Å². The molecule has 0 saturated heterocycles. The van der Waals surface area contributed by atoms with Gasteiger partial charge in [0.25, 0.3) is 0 Å². The molecule has 2 nitrogen and oxygen atoms in total. The lowest BCUT2D eigenvalue weighted by atomic mass is 9.72. The number of amides is 1. The van der Waals surface area contributed by atoms with E-state index in [1.54, 1.807) is 0 Å². The Hall–Kier alpha value is -1.57. The SMILES string of the molecule is CN1C(=O)[C@H]2C=C[C@]1(C)c1ccccc12. The topological polar surface area (TPSA) is 20.3 Å². The van der Waals surface area contributed by atoms with Crippen LogP contribution in [0.25, 0.3) is 0 Å². The summed E-state index contributed by atoms with van der Waals surface area (Å²) in [6, 6.07) is 8.22. The van der Waals surface area contributed by atoms with Gasteiger partial charge in [0, 0.05) is 7.05 Å². The highest BCUT2D eigenvalue weighted by Gasteiger charge is 2.46. The molecule has 76 valence electrons. The van der Waals surface area contributed by atoms with E-state index in [1.807, 2.05) is 30.2 Å². The van der Waals surface area contributed by atoms with Crippen molar-refractivity contribution in [1.82, 2.24) is 4.90 Å². The number of hydrogen-bond donors (Lipinski definition) is 0. The van der Waals surface area contributed by atoms with Gasteiger partial charge in [-0.2, -0.15) is 0 Å². The van der Waals surface area contributed by atoms with E-state index in [9.17, 15) is 4.79 Å². The van der Waals surface area contributed by atoms with E-state index in [4.69, 9.17) is 0 Å². The molecule has 0 saturated carbocycles. The molecule has 3 aliphatic rings. The lowest BCUT2D eigenvalue weighted by Crippen LogP contribution is -2.52. The fraction of sp³-hybridized carbons (Fsp3) is 0.308. The molecule has 2 aliphatic heterocycles. The Bertz CT molecular complexity index is 477. The van der Waals surface area contributed by atoms with Crippen LogP contribution < -0.4 is 0 Å². The van der Waals surface area contributed by atoms with Crippen molar-refractivity contribution in [3.05, 3.63) is 47.5 Å². The molecule has 2 bridgehead atoms. The predicted octanol–water partition coefficient (Wildman–Crippen LogP) is 2.03. The third kappa shape index (κ3) is 0.870. The van der Waals surface area contributed by atoms with Gasteiger partial charge < -0.3 is 4.90 Å². The summed E-state index contributed by atoms with van der Waals surface area (Å²) < 4.78 is 0. The summed E-state index contributed by atoms with van der Waals surface area (Å²) in [5.74, 6) is 0.145. The van der Waals surface area contributed by atoms with E-state index in [0.29, 0.717) is 0 Å². The first kappa shape index (κ1) is 8.72. The molecule has 1 amide bonds. The van der Waals surface area contributed by atoms with Crippen LogP contribution in [0.2, 0.25) is 0 Å². The number of hydrogen-bond acceptors (Lipinski definition) is 1. The minimum atomic E-state index is -0.248. The van der Waals surface area contributed by atoms with Crippen LogP contribution in [-0.4, -0.2) is 17.9 Å². The van der Waals surface area contributed by atoms with Crippen LogP contribution in [0.4, 0.5) is 0 Å². The predicted molar refractivity (Wildman–Crippen MR) is 58.4 cm³/mol. The van der Waals surface area contributed by atoms with E-state index < -0.39 is 0 Å². The summed E-state index contributed by atoms with van der Waals surface area (Å²) >= 11 is 0. The molecular formula is C13H13NO. The van der Waals surface area contributed by atoms with Gasteiger partial charge >= 0.3 is 0 Å². The van der Waals surface area contributed by atoms with Crippen LogP contribution in [-0.2, 0) is 10.3 Å². The standard InChI is InChI=1S/C13H13NO/c1-13-8-7-10(12(15)14(13)2)9-5-3-4-6-11(9)13/h3-8,10H,1-2H3/t10-,13+/m0/s1. The van der Waals surface area contributed by atoms with Crippen molar-refractivity contribution in [3.63, 3.8) is 0 Å². The minimum Gasteiger partial charge on any atom is -0.332 e. The Morgan fingerprint density at radius 1 is 1.33 bits per heavy atom. The number of carbonyl (C=O) groups is 1. The molecule has 0 fully saturated rings. The highest BCUT2D eigenvalue weighted by Crippen LogP contribution is 2.45. The summed E-state index contributed by atoms with van der Waals surface area (Å²) in [4.78, 5) is 13.9. The van der Waals surface area contributed by atoms with Crippen molar-refractivity contribution in [3.8, 4) is 0 Å². The van der Waals surface area contributed by atoms with Crippen molar-refractivity contribution in [2.45, 2.75) is 18.4 Å². The van der Waals surface area contributed by atoms with Gasteiger partial charge in [0.05, 0.1) is 11.5 Å². The average Bonchev–Trinajstić information content (AvgIpc) is 2.26. The van der Waals surface area contributed by atoms with Crippen molar-refractivity contribution in [1.29, 1.82) is 0 Å². The summed E-state index contributed by atoms with van der Waals surface area (Å²) in [7, 11) is 1.88. The first-order valence-electron chi connectivity index (χ1n) is 5.21. The van der Waals surface area contributed by atoms with E-state index >= 15 is 0 Å². The van der Waals surface area contributed by atoms with Crippen LogP contribution in [0, 0.1) is 0 Å². The van der Waals surface area contributed by atoms with Gasteiger partial charge in [-0.3, -0.25) is 4.79 Å². The third-order valence-electron chi connectivity index (χ3n) is 3.75. The van der Waals surface area contributed by atoms with Gasteiger partial charge in [-0.25, -0.2) is 0 Å². The van der Waals surface area contributed by atoms with E-state index in [2.05, 4.69) is 25.1 Å². The largest absolute Gasteiger partial charge is 0.332 e. The molecule has 15 heavy (non-hydrogen) atoms. The quantitative estimate of drug-likeness (QED) is 0.585. The second kappa shape index (κ2) is 2.51. The highest BCUT2D eigenvalue weighted by molar-refractivity contribution is 5.91. The van der Waals surface area contributed by atoms with Crippen molar-refractivity contribution in [2.75, 3.05) is 7.05 Å². The zero-order chi connectivity index (χ0) is 10.6. The zero-order valence-corrected chi connectivity index (χ0v) is 8.90. The molecule has 2 heterocycles. The van der Waals surface area contributed by atoms with Crippen LogP contribution in [0.5, 0.6) is 0 Å². The molecular weight excluding hydrogens is 186 g/mol. The Morgan fingerprint density at radius 2 is 2.07 bits per heavy atom. The number of nitrogens with zero attached hydrogens (tertiary/aromatic N) is 1. The normalized spacial score (nSPS) is 32.0. The second-order valence-electron chi connectivity index (χ2n) is 4.47. The van der Waals surface area contributed by atoms with Crippen molar-refractivity contribution >= 4 is 5.91 Å². The van der Waals surface area contributed by atoms with Gasteiger partial charge in [0.15, 0.2) is 0 Å². The molecule has 0 spiro atoms. The van der Waals surface area contributed by atoms with Gasteiger partial charge in [-0.15, -0.1) is 0 Å². The second-order valence-corrected chi connectivity index (χ2v) is 4.47. The molecule has 0 radical (unpaired) electrons. The first-order chi connectivity index (χ1) is 7.14. The monoisotopic (exact) mass is 199 g/mol. The zero-order valence-electron chi connectivity index (χ0n) is 8.90. The molecule has 1 aromatic rings. The first-order valence-corrected chi connectivity index (χ1v) is 5.21. The minimum absolute atomic E-state index is 0.0620. The Balaban J connectivity index is 2.34. The maximum absolute atomic E-state index is 12.0. The molecule has 0 N–H and O–H groups in total. The Kier molecular flexibility index (Phi) is 1.46. The van der Waals surface area contributed by atoms with E-state index in [1.165, 1.54) is 11.1 Å². The number of fused-ring (bicyclic) bond motifs is 1. The lowest BCUT2D eigenvalue weighted by molar-refractivity contribution is -0.136. The van der Waals surface area contributed by atoms with Crippen molar-refractivity contribution < 1.29 is 4.79 Å². The average molecular weight is 199 g/mol. The van der Waals surface area contributed by atoms with Crippen LogP contribution >= 0.6 is 0 Å². The Morgan fingerprint density at radius 3 is 2.87 bits per heavy atom. The van der Waals surface area contributed by atoms with E-state index in [0.717, 1.165) is 0 Å². The number of rotatable bonds is 0. The van der Waals surface area contributed by atoms with Crippen LogP contribution in [0.1, 0.15) is 24.0 Å². The summed E-state index contributed by atoms with van der Waals surface area (Å²) in [6.45, 7) is 2.09. The molecule has 0 unspecified atom stereocenters. The molecule has 1 aliphatic carbocycles. The van der Waals surface area contributed by atoms with E-state index in [-0.39, 0.29) is 17.4 Å². The lowest BCUT2D eigenvalue weighted by Gasteiger charge is -2.48. The van der Waals surface area contributed by atoms with Crippen molar-refractivity contribution in [2.24, 2.45) is 0 Å². The number of carbonyl (C=O) groups excluding carboxylic acids is 1. The summed E-state index contributed by atoms with van der Waals surface area (Å²) in [5, 5.41) is 0. The smallest absolute Gasteiger partial charge is 0.234 e. The van der Waals surface area contributed by atoms with Gasteiger partial charge in [0.1, 0.15) is 0 Å². The molecule has 4 rings (SSSR count). The summed E-state index contributed by atoms with van der Waals surface area (Å²) in [6.07, 6.45) is 4.17. The number of likely N-dealkylation sites (N-methyl/N-ethyl adjacent to an activating group) is 1. The molecule has 2 atom stereocenters. The fourth-order valence-corrected chi connectivity index (χ4v) is 2.65. The molecule has 0 aromatic heterocycles.